The molecule has 0 unspecified atom stereocenters. The van der Waals surface area contributed by atoms with Crippen molar-refractivity contribution in [3.8, 4) is 0 Å². The van der Waals surface area contributed by atoms with Gasteiger partial charge in [0.05, 0.1) is 74.2 Å². The Balaban J connectivity index is 0.000000130. The number of nitrogens with two attached hydrogens (primary N) is 1. The summed E-state index contributed by atoms with van der Waals surface area (Å²) in [6.45, 7) is 8.61. The van der Waals surface area contributed by atoms with Crippen molar-refractivity contribution in [3.05, 3.63) is 33.6 Å². The molecule has 2 saturated heterocycles. The van der Waals surface area contributed by atoms with Crippen LogP contribution in [0.4, 0.5) is 11.6 Å². The predicted octanol–water partition coefficient (Wildman–Crippen LogP) is -0.315. The van der Waals surface area contributed by atoms with Crippen molar-refractivity contribution < 1.29 is 14.4 Å². The first-order chi connectivity index (χ1) is 14.6. The van der Waals surface area contributed by atoms with Crippen molar-refractivity contribution in [2.24, 2.45) is 0 Å². The maximum Gasteiger partial charge on any atom is 0.390 e. The fourth-order valence-corrected chi connectivity index (χ4v) is 4.16. The molecule has 0 saturated carbocycles. The maximum absolute atomic E-state index is 10.6. The highest BCUT2D eigenvalue weighted by atomic mass is 16.6. The minimum absolute atomic E-state index is 0.0540. The Kier molecular flexibility index (Phi) is 5.15. The van der Waals surface area contributed by atoms with Crippen molar-refractivity contribution in [3.63, 3.8) is 0 Å². The highest BCUT2D eigenvalue weighted by molar-refractivity contribution is 5.30. The van der Waals surface area contributed by atoms with E-state index in [0.29, 0.717) is 17.9 Å². The molecule has 2 aromatic rings. The Labute approximate surface area is 173 Å². The summed E-state index contributed by atoms with van der Waals surface area (Å²) in [7, 11) is 0. The molecule has 6 rings (SSSR count). The molecule has 0 atom stereocenters. The van der Waals surface area contributed by atoms with Gasteiger partial charge in [-0.1, -0.05) is 0 Å². The molecule has 0 spiro atoms. The standard InChI is InChI=1S/C9H12N4O3.C9H14N4O/c14-13(15)9-3-7-4-11(8-5-16-6-8)1-2-12(7)10-9;10-9-3-7-4-12(8-5-14-6-8)1-2-13(7)11-9/h3,8H,1-2,4-6H2;3,8H,1-2,4-6H2,(H2,10,11). The number of fused-ring (bicyclic) bond motifs is 2. The maximum atomic E-state index is 10.6. The van der Waals surface area contributed by atoms with Crippen LogP contribution in [-0.2, 0) is 35.7 Å². The number of anilines is 1. The Morgan fingerprint density at radius 2 is 1.43 bits per heavy atom. The van der Waals surface area contributed by atoms with E-state index >= 15 is 0 Å². The summed E-state index contributed by atoms with van der Waals surface area (Å²) in [5.41, 5.74) is 7.80. The van der Waals surface area contributed by atoms with Gasteiger partial charge in [0.15, 0.2) is 0 Å². The second-order valence-corrected chi connectivity index (χ2v) is 8.08. The Bertz CT molecular complexity index is 919. The van der Waals surface area contributed by atoms with Crippen LogP contribution in [0.3, 0.4) is 0 Å². The number of hydrogen-bond donors (Lipinski definition) is 1. The van der Waals surface area contributed by atoms with Gasteiger partial charge in [-0.2, -0.15) is 9.78 Å². The molecule has 4 aliphatic heterocycles. The van der Waals surface area contributed by atoms with Crippen LogP contribution < -0.4 is 5.73 Å². The van der Waals surface area contributed by atoms with Gasteiger partial charge in [0.1, 0.15) is 5.82 Å². The lowest BCUT2D eigenvalue weighted by molar-refractivity contribution is -0.389. The first kappa shape index (κ1) is 19.4. The summed E-state index contributed by atoms with van der Waals surface area (Å²) in [4.78, 5) is 14.9. The van der Waals surface area contributed by atoms with Gasteiger partial charge in [-0.05, 0) is 4.92 Å². The number of nitrogens with zero attached hydrogens (tertiary/aromatic N) is 7. The number of hydrogen-bond acceptors (Lipinski definition) is 9. The molecule has 0 amide bonds. The Morgan fingerprint density at radius 1 is 0.900 bits per heavy atom. The van der Waals surface area contributed by atoms with Crippen LogP contribution in [0.2, 0.25) is 0 Å². The zero-order valence-electron chi connectivity index (χ0n) is 16.7. The molecule has 0 bridgehead atoms. The molecule has 6 heterocycles. The highest BCUT2D eigenvalue weighted by Crippen LogP contribution is 2.22. The lowest BCUT2D eigenvalue weighted by Gasteiger charge is -2.39. The van der Waals surface area contributed by atoms with E-state index < -0.39 is 4.92 Å². The summed E-state index contributed by atoms with van der Waals surface area (Å²) >= 11 is 0. The van der Waals surface area contributed by atoms with Crippen LogP contribution >= 0.6 is 0 Å². The number of rotatable bonds is 3. The summed E-state index contributed by atoms with van der Waals surface area (Å²) in [6, 6.07) is 4.61. The number of ether oxygens (including phenoxy) is 2. The van der Waals surface area contributed by atoms with Gasteiger partial charge < -0.3 is 25.3 Å². The van der Waals surface area contributed by atoms with E-state index in [1.807, 2.05) is 10.7 Å². The van der Waals surface area contributed by atoms with Gasteiger partial charge >= 0.3 is 5.82 Å². The second kappa shape index (κ2) is 7.95. The number of nitrogen functional groups attached to an aromatic ring is 1. The average Bonchev–Trinajstić information content (AvgIpc) is 3.21. The Morgan fingerprint density at radius 3 is 1.93 bits per heavy atom. The number of aromatic nitrogens is 4. The molecule has 12 nitrogen and oxygen atoms in total. The summed E-state index contributed by atoms with van der Waals surface area (Å²) < 4.78 is 14.1. The van der Waals surface area contributed by atoms with E-state index in [2.05, 4.69) is 20.0 Å². The lowest BCUT2D eigenvalue weighted by Crippen LogP contribution is -2.51. The fraction of sp³-hybridized carbons (Fsp3) is 0.667. The zero-order chi connectivity index (χ0) is 20.7. The monoisotopic (exact) mass is 418 g/mol. The topological polar surface area (TPSA) is 130 Å². The van der Waals surface area contributed by atoms with E-state index in [9.17, 15) is 10.1 Å². The van der Waals surface area contributed by atoms with E-state index in [-0.39, 0.29) is 5.82 Å². The lowest BCUT2D eigenvalue weighted by atomic mass is 10.2. The van der Waals surface area contributed by atoms with E-state index in [0.717, 1.165) is 71.4 Å². The van der Waals surface area contributed by atoms with Gasteiger partial charge in [-0.3, -0.25) is 14.5 Å². The van der Waals surface area contributed by atoms with Gasteiger partial charge in [0, 0.05) is 32.2 Å². The molecule has 30 heavy (non-hydrogen) atoms. The zero-order valence-corrected chi connectivity index (χ0v) is 16.7. The van der Waals surface area contributed by atoms with Gasteiger partial charge in [0.25, 0.3) is 0 Å². The fourth-order valence-electron chi connectivity index (χ4n) is 4.16. The SMILES string of the molecule is Nc1cc2n(n1)CCN(C1COC1)C2.O=[N+]([O-])c1cc2n(n1)CCN(C1COC1)C2. The molecule has 0 aromatic carbocycles. The van der Waals surface area contributed by atoms with Crippen LogP contribution in [0.25, 0.3) is 0 Å². The van der Waals surface area contributed by atoms with Crippen LogP contribution in [-0.4, -0.2) is 85.9 Å². The van der Waals surface area contributed by atoms with Crippen LogP contribution in [0.15, 0.2) is 12.1 Å². The smallest absolute Gasteiger partial charge is 0.382 e. The van der Waals surface area contributed by atoms with Crippen LogP contribution in [0, 0.1) is 10.1 Å². The average molecular weight is 418 g/mol. The highest BCUT2D eigenvalue weighted by Gasteiger charge is 2.32. The molecule has 0 aliphatic carbocycles. The molecule has 162 valence electrons. The third-order valence-electron chi connectivity index (χ3n) is 6.12. The second-order valence-electron chi connectivity index (χ2n) is 8.08. The molecule has 0 radical (unpaired) electrons. The van der Waals surface area contributed by atoms with Crippen molar-refractivity contribution >= 4 is 11.6 Å². The third-order valence-corrected chi connectivity index (χ3v) is 6.12. The molecular formula is C18H26N8O4. The summed E-state index contributed by atoms with van der Waals surface area (Å²) in [5, 5.41) is 18.8. The molecule has 4 aliphatic rings. The van der Waals surface area contributed by atoms with E-state index in [1.165, 1.54) is 5.69 Å². The van der Waals surface area contributed by atoms with E-state index in [4.69, 9.17) is 15.2 Å². The van der Waals surface area contributed by atoms with Crippen molar-refractivity contribution in [2.75, 3.05) is 45.3 Å². The minimum Gasteiger partial charge on any atom is -0.382 e. The first-order valence-electron chi connectivity index (χ1n) is 10.2. The quantitative estimate of drug-likeness (QED) is 0.527. The molecular weight excluding hydrogens is 392 g/mol. The molecule has 2 fully saturated rings. The molecule has 2 N–H and O–H groups in total. The third kappa shape index (κ3) is 3.78. The minimum atomic E-state index is -0.442. The largest absolute Gasteiger partial charge is 0.390 e. The summed E-state index contributed by atoms with van der Waals surface area (Å²) in [6.07, 6.45) is 0. The van der Waals surface area contributed by atoms with Crippen molar-refractivity contribution in [1.82, 2.24) is 29.4 Å². The normalized spacial score (nSPS) is 22.3. The van der Waals surface area contributed by atoms with Gasteiger partial charge in [0.2, 0.25) is 0 Å². The first-order valence-corrected chi connectivity index (χ1v) is 10.2. The molecule has 12 heteroatoms. The number of nitro groups is 1. The Hall–Kier alpha value is -2.54. The molecule has 2 aromatic heterocycles. The van der Waals surface area contributed by atoms with Crippen LogP contribution in [0.1, 0.15) is 11.4 Å². The van der Waals surface area contributed by atoms with Crippen molar-refractivity contribution in [1.29, 1.82) is 0 Å². The van der Waals surface area contributed by atoms with Gasteiger partial charge in [-0.25, -0.2) is 0 Å². The summed E-state index contributed by atoms with van der Waals surface area (Å²) in [5.74, 6) is 0.577. The van der Waals surface area contributed by atoms with E-state index in [1.54, 1.807) is 10.7 Å². The predicted molar refractivity (Wildman–Crippen MR) is 106 cm³/mol. The van der Waals surface area contributed by atoms with Crippen molar-refractivity contribution in [2.45, 2.75) is 38.3 Å². The van der Waals surface area contributed by atoms with Crippen LogP contribution in [0.5, 0.6) is 0 Å². The van der Waals surface area contributed by atoms with Gasteiger partial charge in [-0.15, -0.1) is 0 Å².